The van der Waals surface area contributed by atoms with Gasteiger partial charge in [-0.15, -0.1) is 0 Å². The predicted octanol–water partition coefficient (Wildman–Crippen LogP) is -11.6. The second-order valence-electron chi connectivity index (χ2n) is 29.2. The molecular formula is C62H100O38. The van der Waals surface area contributed by atoms with Crippen molar-refractivity contribution in [1.29, 1.82) is 0 Å². The van der Waals surface area contributed by atoms with E-state index in [1.54, 1.807) is 6.92 Å². The van der Waals surface area contributed by atoms with Crippen LogP contribution in [-0.2, 0) is 71.1 Å². The standard InChI is InChI=1S/C62H100O38/c1-20-11-61-9-5-28-59(2,7-4-8-60(28,3)58(86)99-56-50(98-54-43(83)38(78)33(73)24(15-66)90-54)48(34(74)25(16-67)91-56)96-52-41(81)36(76)31(71)22(13-64)88-52)29(61)6-10-62(20,19-61)100-57-49(97-53-42(82)37(77)32(72)23(14-65)89-53)45(85)47(27(18-69)93-57)95-55-44(84)39(79)46(26(17-68)92-55)94-51-40(80)35(75)30(70)21(12-63)87-51/h21-57,63-85H,1,4-19H2,2-3H3/t21-,22-,23-,24-,25-,26-,27-,28+,29+,30-,31-,32-,33-,34-,35+,36+,37+,38+,39-,40-,41-,42-,43-,44-,45+,46-,47-,48+,49-,50-,51+,52+,53+,54+,55+,56+,57+,59-,60-,61?,62+/m1/s1. The van der Waals surface area contributed by atoms with E-state index in [1.807, 2.05) is 0 Å². The molecule has 38 nitrogen and oxygen atoms in total. The molecule has 576 valence electrons. The van der Waals surface area contributed by atoms with Gasteiger partial charge in [0.05, 0.1) is 57.3 Å². The van der Waals surface area contributed by atoms with Gasteiger partial charge in [-0.25, -0.2) is 0 Å². The highest BCUT2D eigenvalue weighted by Crippen LogP contribution is 2.74. The number of carbonyl (C=O) groups is 1. The van der Waals surface area contributed by atoms with Gasteiger partial charge in [-0.1, -0.05) is 19.9 Å². The number of esters is 1. The lowest BCUT2D eigenvalue weighted by Crippen LogP contribution is -2.68. The lowest BCUT2D eigenvalue weighted by molar-refractivity contribution is -0.400. The zero-order valence-corrected chi connectivity index (χ0v) is 54.8. The first-order valence-corrected chi connectivity index (χ1v) is 33.9. The SMILES string of the molecule is C=C1CC23CC[C@H]4[C@@](C)(CCC[C@@]4(C)C(=O)O[C@@H]4O[C@H](CO)[C@@H](O)[C@H](O[C@@H]5O[C@H](CO)[C@@H](O)[C@H](O)[C@H]5O)[C@H]4O[C@@H]4O[C@H](CO)[C@@H](O)[C@H](O)[C@H]4O)[C@@H]2CC[C@]1(O[C@@H]1O[C@H](CO)[C@@H](O[C@@H]2O[C@H](CO)[C@@H](O[C@@H]4O[C@H](CO)[C@@H](O)[C@H](O)[C@H]4O)[C@H](O)[C@H]2O)[C@H](O)[C@H]1O[C@@H]1O[C@H](CO)[C@@H](O)[C@H](O)[C@H]1O)C3. The number of rotatable bonds is 21. The van der Waals surface area contributed by atoms with Gasteiger partial charge in [0.2, 0.25) is 6.29 Å². The fraction of sp³-hybridized carbons (Fsp3) is 0.952. The summed E-state index contributed by atoms with van der Waals surface area (Å²) in [4.78, 5) is 15.5. The van der Waals surface area contributed by atoms with Crippen molar-refractivity contribution in [2.75, 3.05) is 46.2 Å². The van der Waals surface area contributed by atoms with Crippen LogP contribution in [-0.4, -0.2) is 390 Å². The Morgan fingerprint density at radius 1 is 0.380 bits per heavy atom. The normalized spacial score (nSPS) is 54.5. The Bertz CT molecular complexity index is 2720. The summed E-state index contributed by atoms with van der Waals surface area (Å²) >= 11 is 0. The van der Waals surface area contributed by atoms with Crippen LogP contribution in [0.5, 0.6) is 0 Å². The van der Waals surface area contributed by atoms with Crippen molar-refractivity contribution < 1.29 is 189 Å². The highest BCUT2D eigenvalue weighted by Gasteiger charge is 2.70. The van der Waals surface area contributed by atoms with Gasteiger partial charge in [-0.3, -0.25) is 4.79 Å². The van der Waals surface area contributed by atoms with Crippen LogP contribution in [0.4, 0.5) is 0 Å². The quantitative estimate of drug-likeness (QED) is 0.0288. The van der Waals surface area contributed by atoms with Crippen molar-refractivity contribution in [3.8, 4) is 0 Å². The van der Waals surface area contributed by atoms with Crippen molar-refractivity contribution in [3.63, 3.8) is 0 Å². The summed E-state index contributed by atoms with van der Waals surface area (Å²) in [7, 11) is 0. The fourth-order valence-corrected chi connectivity index (χ4v) is 17.9. The Balaban J connectivity index is 0.835. The summed E-state index contributed by atoms with van der Waals surface area (Å²) in [5.74, 6) is -1.52. The molecule has 0 amide bonds. The molecule has 4 aliphatic carbocycles. The summed E-state index contributed by atoms with van der Waals surface area (Å²) < 4.78 is 84.3. The van der Waals surface area contributed by atoms with Gasteiger partial charge in [-0.05, 0) is 86.5 Å². The number of hydrogen-bond donors (Lipinski definition) is 23. The first-order chi connectivity index (χ1) is 47.3. The molecule has 2 bridgehead atoms. The molecule has 0 aromatic carbocycles. The van der Waals surface area contributed by atoms with Gasteiger partial charge in [0.15, 0.2) is 43.8 Å². The Kier molecular flexibility index (Phi) is 24.6. The number of aliphatic hydroxyl groups is 23. The third kappa shape index (κ3) is 14.0. The highest BCUT2D eigenvalue weighted by molar-refractivity contribution is 5.77. The Hall–Kier alpha value is -2.23. The van der Waals surface area contributed by atoms with Crippen molar-refractivity contribution in [2.24, 2.45) is 28.1 Å². The van der Waals surface area contributed by atoms with E-state index in [-0.39, 0.29) is 25.2 Å². The first kappa shape index (κ1) is 78.8. The molecule has 23 N–H and O–H groups in total. The molecule has 41 atom stereocenters. The first-order valence-electron chi connectivity index (χ1n) is 33.9. The molecule has 7 saturated heterocycles. The van der Waals surface area contributed by atoms with Gasteiger partial charge in [0, 0.05) is 0 Å². The number of fused-ring (bicyclic) bond motifs is 3. The summed E-state index contributed by atoms with van der Waals surface area (Å²) in [5.41, 5.74) is -3.42. The summed E-state index contributed by atoms with van der Waals surface area (Å²) in [6.07, 6.45) is -62.8. The average Bonchev–Trinajstić information content (AvgIpc) is 1.50. The smallest absolute Gasteiger partial charge is 0.314 e. The van der Waals surface area contributed by atoms with Gasteiger partial charge in [0.25, 0.3) is 0 Å². The summed E-state index contributed by atoms with van der Waals surface area (Å²) in [5, 5.41) is 249. The zero-order chi connectivity index (χ0) is 72.7. The monoisotopic (exact) mass is 1450 g/mol. The van der Waals surface area contributed by atoms with E-state index in [4.69, 9.17) is 66.3 Å². The molecule has 1 spiro atoms. The molecule has 0 aromatic heterocycles. The Labute approximate surface area is 571 Å². The molecule has 11 aliphatic rings. The highest BCUT2D eigenvalue weighted by atomic mass is 16.8. The van der Waals surface area contributed by atoms with Gasteiger partial charge in [-0.2, -0.15) is 0 Å². The van der Waals surface area contributed by atoms with Gasteiger partial charge < -0.3 is 184 Å². The predicted molar refractivity (Wildman–Crippen MR) is 317 cm³/mol. The Morgan fingerprint density at radius 2 is 0.740 bits per heavy atom. The molecule has 7 aliphatic heterocycles. The number of aliphatic hydroxyl groups excluding tert-OH is 23. The zero-order valence-electron chi connectivity index (χ0n) is 54.8. The van der Waals surface area contributed by atoms with Crippen LogP contribution in [0.25, 0.3) is 0 Å². The van der Waals surface area contributed by atoms with Crippen LogP contribution in [0.15, 0.2) is 12.2 Å². The lowest BCUT2D eigenvalue weighted by atomic mass is 9.41. The number of ether oxygens (including phenoxy) is 14. The van der Waals surface area contributed by atoms with E-state index >= 15 is 4.79 Å². The molecule has 11 rings (SSSR count). The fourth-order valence-electron chi connectivity index (χ4n) is 17.9. The second-order valence-corrected chi connectivity index (χ2v) is 29.2. The molecule has 11 fully saturated rings. The molecular weight excluding hydrogens is 1350 g/mol. The maximum Gasteiger partial charge on any atom is 0.314 e. The van der Waals surface area contributed by atoms with Gasteiger partial charge >= 0.3 is 5.97 Å². The number of hydrogen-bond acceptors (Lipinski definition) is 38. The molecule has 38 heteroatoms. The van der Waals surface area contributed by atoms with Gasteiger partial charge in [0.1, 0.15) is 165 Å². The maximum absolute atomic E-state index is 15.5. The van der Waals surface area contributed by atoms with E-state index in [2.05, 4.69) is 13.5 Å². The topological polar surface area (TPSA) is 612 Å². The Morgan fingerprint density at radius 3 is 1.19 bits per heavy atom. The number of carbonyl (C=O) groups excluding carboxylic acids is 1. The van der Waals surface area contributed by atoms with Crippen LogP contribution in [0, 0.1) is 28.1 Å². The van der Waals surface area contributed by atoms with Crippen molar-refractivity contribution >= 4 is 5.97 Å². The minimum absolute atomic E-state index is 0.190. The molecule has 100 heavy (non-hydrogen) atoms. The van der Waals surface area contributed by atoms with E-state index in [0.29, 0.717) is 44.1 Å². The van der Waals surface area contributed by atoms with Crippen LogP contribution < -0.4 is 0 Å². The van der Waals surface area contributed by atoms with Crippen LogP contribution >= 0.6 is 0 Å². The maximum atomic E-state index is 15.5. The van der Waals surface area contributed by atoms with E-state index in [9.17, 15) is 117 Å². The molecule has 7 heterocycles. The summed E-state index contributed by atoms with van der Waals surface area (Å²) in [6.45, 7) is 1.85. The molecule has 1 unspecified atom stereocenters. The van der Waals surface area contributed by atoms with E-state index < -0.39 is 295 Å². The largest absolute Gasteiger partial charge is 0.432 e. The molecule has 0 radical (unpaired) electrons. The van der Waals surface area contributed by atoms with Crippen molar-refractivity contribution in [2.45, 2.75) is 292 Å². The van der Waals surface area contributed by atoms with Crippen LogP contribution in [0.3, 0.4) is 0 Å². The summed E-state index contributed by atoms with van der Waals surface area (Å²) in [6, 6.07) is 0. The molecule has 0 aromatic rings. The lowest BCUT2D eigenvalue weighted by Gasteiger charge is -2.64. The molecule has 4 saturated carbocycles. The third-order valence-corrected chi connectivity index (χ3v) is 23.4. The minimum Gasteiger partial charge on any atom is -0.432 e. The third-order valence-electron chi connectivity index (χ3n) is 23.4. The van der Waals surface area contributed by atoms with E-state index in [0.717, 1.165) is 0 Å². The average molecular weight is 1450 g/mol. The van der Waals surface area contributed by atoms with Crippen molar-refractivity contribution in [1.82, 2.24) is 0 Å². The van der Waals surface area contributed by atoms with Crippen LogP contribution in [0.2, 0.25) is 0 Å². The van der Waals surface area contributed by atoms with E-state index in [1.165, 1.54) is 0 Å². The minimum atomic E-state index is -2.16. The second kappa shape index (κ2) is 31.2. The van der Waals surface area contributed by atoms with Crippen molar-refractivity contribution in [3.05, 3.63) is 12.2 Å². The van der Waals surface area contributed by atoms with Crippen LogP contribution in [0.1, 0.15) is 71.6 Å².